The van der Waals surface area contributed by atoms with Crippen molar-refractivity contribution in [3.05, 3.63) is 66.2 Å². The molecule has 1 fully saturated rings. The minimum absolute atomic E-state index is 0.179. The summed E-state index contributed by atoms with van der Waals surface area (Å²) in [6.45, 7) is 6.07. The predicted molar refractivity (Wildman–Crippen MR) is 103 cm³/mol. The van der Waals surface area contributed by atoms with Crippen LogP contribution >= 0.6 is 0 Å². The van der Waals surface area contributed by atoms with Gasteiger partial charge in [-0.2, -0.15) is 0 Å². The second kappa shape index (κ2) is 8.79. The van der Waals surface area contributed by atoms with Gasteiger partial charge in [0.05, 0.1) is 0 Å². The van der Waals surface area contributed by atoms with Crippen LogP contribution in [0.5, 0.6) is 0 Å². The van der Waals surface area contributed by atoms with Gasteiger partial charge in [-0.3, -0.25) is 9.69 Å². The highest BCUT2D eigenvalue weighted by atomic mass is 16.2. The third-order valence-corrected chi connectivity index (χ3v) is 4.87. The van der Waals surface area contributed by atoms with Gasteiger partial charge < -0.3 is 9.80 Å². The van der Waals surface area contributed by atoms with Crippen molar-refractivity contribution in [2.75, 3.05) is 44.7 Å². The maximum Gasteiger partial charge on any atom is 0.228 e. The first-order valence-corrected chi connectivity index (χ1v) is 9.02. The predicted octanol–water partition coefficient (Wildman–Crippen LogP) is 2.86. The molecular weight excluding hydrogens is 310 g/mol. The Morgan fingerprint density at radius 3 is 2.08 bits per heavy atom. The van der Waals surface area contributed by atoms with Gasteiger partial charge in [0.2, 0.25) is 5.91 Å². The van der Waals surface area contributed by atoms with Crippen molar-refractivity contribution < 1.29 is 4.79 Å². The Morgan fingerprint density at radius 2 is 1.44 bits per heavy atom. The number of hydrogen-bond donors (Lipinski definition) is 0. The number of anilines is 1. The smallest absolute Gasteiger partial charge is 0.228 e. The van der Waals surface area contributed by atoms with Crippen LogP contribution in [0.25, 0.3) is 0 Å². The third-order valence-electron chi connectivity index (χ3n) is 4.87. The van der Waals surface area contributed by atoms with E-state index in [2.05, 4.69) is 40.1 Å². The number of hydrogen-bond acceptors (Lipinski definition) is 3. The first-order valence-electron chi connectivity index (χ1n) is 9.02. The van der Waals surface area contributed by atoms with Crippen LogP contribution in [-0.2, 0) is 11.3 Å². The third kappa shape index (κ3) is 5.15. The molecule has 1 heterocycles. The van der Waals surface area contributed by atoms with Gasteiger partial charge in [-0.1, -0.05) is 48.5 Å². The minimum Gasteiger partial charge on any atom is -0.315 e. The van der Waals surface area contributed by atoms with Crippen LogP contribution in [-0.4, -0.2) is 55.5 Å². The number of amides is 1. The van der Waals surface area contributed by atoms with Gasteiger partial charge in [0.15, 0.2) is 0 Å². The molecule has 132 valence electrons. The lowest BCUT2D eigenvalue weighted by molar-refractivity contribution is -0.118. The first-order chi connectivity index (χ1) is 12.2. The van der Waals surface area contributed by atoms with E-state index in [0.29, 0.717) is 6.42 Å². The fourth-order valence-corrected chi connectivity index (χ4v) is 3.23. The fourth-order valence-electron chi connectivity index (χ4n) is 3.23. The molecule has 1 amide bonds. The molecule has 2 aromatic carbocycles. The van der Waals surface area contributed by atoms with Gasteiger partial charge in [0.1, 0.15) is 0 Å². The van der Waals surface area contributed by atoms with Crippen LogP contribution in [0.4, 0.5) is 5.69 Å². The molecule has 4 nitrogen and oxygen atoms in total. The van der Waals surface area contributed by atoms with Crippen molar-refractivity contribution in [1.29, 1.82) is 0 Å². The molecule has 0 unspecified atom stereocenters. The average Bonchev–Trinajstić information content (AvgIpc) is 2.68. The van der Waals surface area contributed by atoms with Crippen LogP contribution < -0.4 is 4.90 Å². The highest BCUT2D eigenvalue weighted by Gasteiger charge is 2.18. The van der Waals surface area contributed by atoms with Gasteiger partial charge in [0, 0.05) is 58.4 Å². The van der Waals surface area contributed by atoms with Crippen LogP contribution in [0, 0.1) is 0 Å². The van der Waals surface area contributed by atoms with Crippen molar-refractivity contribution in [2.24, 2.45) is 0 Å². The molecule has 0 saturated carbocycles. The maximum absolute atomic E-state index is 12.4. The van der Waals surface area contributed by atoms with Crippen LogP contribution in [0.15, 0.2) is 60.7 Å². The van der Waals surface area contributed by atoms with Crippen LogP contribution in [0.1, 0.15) is 12.0 Å². The van der Waals surface area contributed by atoms with E-state index >= 15 is 0 Å². The summed E-state index contributed by atoms with van der Waals surface area (Å²) in [4.78, 5) is 19.0. The summed E-state index contributed by atoms with van der Waals surface area (Å²) in [5.41, 5.74) is 2.33. The number of para-hydroxylation sites is 1. The lowest BCUT2D eigenvalue weighted by Gasteiger charge is -2.34. The van der Waals surface area contributed by atoms with E-state index in [9.17, 15) is 4.79 Å². The van der Waals surface area contributed by atoms with E-state index in [1.54, 1.807) is 4.90 Å². The molecule has 3 rings (SSSR count). The van der Waals surface area contributed by atoms with Gasteiger partial charge in [0.25, 0.3) is 0 Å². The Morgan fingerprint density at radius 1 is 0.880 bits per heavy atom. The van der Waals surface area contributed by atoms with Gasteiger partial charge >= 0.3 is 0 Å². The van der Waals surface area contributed by atoms with Crippen molar-refractivity contribution >= 4 is 11.6 Å². The van der Waals surface area contributed by atoms with Crippen molar-refractivity contribution in [1.82, 2.24) is 9.80 Å². The highest BCUT2D eigenvalue weighted by Crippen LogP contribution is 2.13. The molecule has 0 N–H and O–H groups in total. The molecule has 1 aliphatic rings. The van der Waals surface area contributed by atoms with E-state index in [1.165, 1.54) is 5.56 Å². The standard InChI is InChI=1S/C21H27N3O/c1-22(20-10-6-3-7-11-20)21(25)12-13-23-14-16-24(17-15-23)18-19-8-4-2-5-9-19/h2-11H,12-18H2,1H3. The average molecular weight is 337 g/mol. The number of carbonyl (C=O) groups excluding carboxylic acids is 1. The topological polar surface area (TPSA) is 26.8 Å². The zero-order valence-electron chi connectivity index (χ0n) is 15.0. The Labute approximate surface area is 150 Å². The molecule has 0 aliphatic carbocycles. The second-order valence-electron chi connectivity index (χ2n) is 6.64. The largest absolute Gasteiger partial charge is 0.315 e. The van der Waals surface area contributed by atoms with Crippen LogP contribution in [0.3, 0.4) is 0 Å². The summed E-state index contributed by atoms with van der Waals surface area (Å²) in [6.07, 6.45) is 0.573. The summed E-state index contributed by atoms with van der Waals surface area (Å²) < 4.78 is 0. The van der Waals surface area contributed by atoms with Gasteiger partial charge in [-0.25, -0.2) is 0 Å². The first kappa shape index (κ1) is 17.6. The van der Waals surface area contributed by atoms with Crippen molar-refractivity contribution in [3.8, 4) is 0 Å². The second-order valence-corrected chi connectivity index (χ2v) is 6.64. The fraction of sp³-hybridized carbons (Fsp3) is 0.381. The molecule has 0 spiro atoms. The Hall–Kier alpha value is -2.17. The molecule has 1 aliphatic heterocycles. The summed E-state index contributed by atoms with van der Waals surface area (Å²) in [5, 5.41) is 0. The number of benzene rings is 2. The number of nitrogens with zero attached hydrogens (tertiary/aromatic N) is 3. The number of piperazine rings is 1. The van der Waals surface area contributed by atoms with E-state index in [4.69, 9.17) is 0 Å². The Bertz CT molecular complexity index is 651. The van der Waals surface area contributed by atoms with E-state index in [0.717, 1.165) is 45.0 Å². The summed E-state index contributed by atoms with van der Waals surface area (Å²) in [6, 6.07) is 20.5. The molecule has 0 atom stereocenters. The van der Waals surface area contributed by atoms with Crippen LogP contribution in [0.2, 0.25) is 0 Å². The minimum atomic E-state index is 0.179. The van der Waals surface area contributed by atoms with Gasteiger partial charge in [-0.15, -0.1) is 0 Å². The lowest BCUT2D eigenvalue weighted by atomic mass is 10.2. The SMILES string of the molecule is CN(C(=O)CCN1CCN(Cc2ccccc2)CC1)c1ccccc1. The quantitative estimate of drug-likeness (QED) is 0.811. The molecule has 4 heteroatoms. The molecule has 0 aromatic heterocycles. The summed E-state index contributed by atoms with van der Waals surface area (Å²) >= 11 is 0. The molecule has 0 radical (unpaired) electrons. The monoisotopic (exact) mass is 337 g/mol. The van der Waals surface area contributed by atoms with E-state index < -0.39 is 0 Å². The van der Waals surface area contributed by atoms with E-state index in [1.807, 2.05) is 37.4 Å². The lowest BCUT2D eigenvalue weighted by Crippen LogP contribution is -2.46. The summed E-state index contributed by atoms with van der Waals surface area (Å²) in [5.74, 6) is 0.179. The maximum atomic E-state index is 12.4. The normalized spacial score (nSPS) is 15.9. The zero-order valence-corrected chi connectivity index (χ0v) is 15.0. The molecule has 2 aromatic rings. The number of rotatable bonds is 6. The zero-order chi connectivity index (χ0) is 17.5. The highest BCUT2D eigenvalue weighted by molar-refractivity contribution is 5.92. The number of carbonyl (C=O) groups is 1. The van der Waals surface area contributed by atoms with Crippen molar-refractivity contribution in [3.63, 3.8) is 0 Å². The molecular formula is C21H27N3O. The van der Waals surface area contributed by atoms with E-state index in [-0.39, 0.29) is 5.91 Å². The Kier molecular flexibility index (Phi) is 6.20. The van der Waals surface area contributed by atoms with Gasteiger partial charge in [-0.05, 0) is 17.7 Å². The van der Waals surface area contributed by atoms with Crippen molar-refractivity contribution in [2.45, 2.75) is 13.0 Å². The molecule has 1 saturated heterocycles. The summed E-state index contributed by atoms with van der Waals surface area (Å²) in [7, 11) is 1.86. The molecule has 25 heavy (non-hydrogen) atoms. The Balaban J connectivity index is 1.40. The molecule has 0 bridgehead atoms.